The van der Waals surface area contributed by atoms with Crippen LogP contribution in [0.1, 0.15) is 0 Å². The van der Waals surface area contributed by atoms with Crippen LogP contribution in [0.15, 0.2) is 23.1 Å². The molecule has 1 aromatic carbocycles. The first kappa shape index (κ1) is 9.94. The van der Waals surface area contributed by atoms with Gasteiger partial charge in [-0.05, 0) is 12.1 Å². The summed E-state index contributed by atoms with van der Waals surface area (Å²) < 4.78 is 47.1. The Hall–Kier alpha value is -1.14. The van der Waals surface area contributed by atoms with Gasteiger partial charge in [-0.1, -0.05) is 0 Å². The van der Waals surface area contributed by atoms with E-state index in [9.17, 15) is 12.8 Å². The molecule has 0 radical (unpaired) electrons. The first-order valence-corrected chi connectivity index (χ1v) is 4.70. The largest absolute Gasteiger partial charge is 0.497 e. The molecule has 0 atom stereocenters. The van der Waals surface area contributed by atoms with Crippen molar-refractivity contribution in [3.8, 4) is 5.75 Å². The Balaban J connectivity index is 3.29. The predicted octanol–water partition coefficient (Wildman–Crippen LogP) is 1.08. The summed E-state index contributed by atoms with van der Waals surface area (Å²) in [5.74, 6) is -0.855. The molecule has 1 aromatic rings. The minimum Gasteiger partial charge on any atom is -0.497 e. The zero-order valence-electron chi connectivity index (χ0n) is 6.69. The molecule has 1 N–H and O–H groups in total. The second-order valence-electron chi connectivity index (χ2n) is 2.27. The van der Waals surface area contributed by atoms with Gasteiger partial charge in [-0.3, -0.25) is 4.55 Å². The maximum Gasteiger partial charge on any atom is 0.297 e. The van der Waals surface area contributed by atoms with Crippen molar-refractivity contribution in [3.63, 3.8) is 0 Å². The molecule has 0 saturated carbocycles. The van der Waals surface area contributed by atoms with Crippen LogP contribution < -0.4 is 4.74 Å². The number of hydrogen-bond acceptors (Lipinski definition) is 3. The van der Waals surface area contributed by atoms with E-state index in [-0.39, 0.29) is 5.75 Å². The molecule has 0 spiro atoms. The lowest BCUT2D eigenvalue weighted by molar-refractivity contribution is 0.409. The van der Waals surface area contributed by atoms with E-state index in [4.69, 9.17) is 4.55 Å². The molecule has 0 fully saturated rings. The summed E-state index contributed by atoms with van der Waals surface area (Å²) in [7, 11) is -3.17. The molecular formula is C7H7FO4S. The fourth-order valence-electron chi connectivity index (χ4n) is 0.818. The third kappa shape index (κ3) is 2.16. The van der Waals surface area contributed by atoms with Gasteiger partial charge in [0, 0.05) is 6.07 Å². The van der Waals surface area contributed by atoms with Gasteiger partial charge in [-0.15, -0.1) is 0 Å². The van der Waals surface area contributed by atoms with E-state index >= 15 is 0 Å². The Labute approximate surface area is 74.7 Å². The summed E-state index contributed by atoms with van der Waals surface area (Å²) in [4.78, 5) is -0.756. The molecule has 0 aromatic heterocycles. The molecule has 0 unspecified atom stereocenters. The van der Waals surface area contributed by atoms with Gasteiger partial charge in [-0.2, -0.15) is 8.42 Å². The van der Waals surface area contributed by atoms with Gasteiger partial charge in [0.15, 0.2) is 0 Å². The van der Waals surface area contributed by atoms with Crippen LogP contribution in [0.2, 0.25) is 0 Å². The van der Waals surface area contributed by atoms with Crippen LogP contribution in [0.25, 0.3) is 0 Å². The number of methoxy groups -OCH3 is 1. The number of benzene rings is 1. The topological polar surface area (TPSA) is 63.6 Å². The summed E-state index contributed by atoms with van der Waals surface area (Å²) in [6.45, 7) is 0. The van der Waals surface area contributed by atoms with Crippen LogP contribution in [-0.4, -0.2) is 20.1 Å². The lowest BCUT2D eigenvalue weighted by atomic mass is 10.3. The average Bonchev–Trinajstić information content (AvgIpc) is 2.01. The summed E-state index contributed by atoms with van der Waals surface area (Å²) in [6, 6.07) is 3.05. The molecule has 1 rings (SSSR count). The van der Waals surface area contributed by atoms with Crippen LogP contribution in [0.3, 0.4) is 0 Å². The molecule has 0 saturated heterocycles. The normalized spacial score (nSPS) is 11.3. The fraction of sp³-hybridized carbons (Fsp3) is 0.143. The maximum atomic E-state index is 12.9. The van der Waals surface area contributed by atoms with Gasteiger partial charge in [0.05, 0.1) is 7.11 Å². The zero-order valence-corrected chi connectivity index (χ0v) is 7.51. The third-order valence-electron chi connectivity index (χ3n) is 1.42. The Kier molecular flexibility index (Phi) is 2.53. The lowest BCUT2D eigenvalue weighted by Crippen LogP contribution is -2.01. The van der Waals surface area contributed by atoms with Crippen molar-refractivity contribution in [2.24, 2.45) is 0 Å². The molecule has 0 amide bonds. The molecule has 0 aliphatic heterocycles. The third-order valence-corrected chi connectivity index (χ3v) is 2.30. The Morgan fingerprint density at radius 2 is 2.08 bits per heavy atom. The van der Waals surface area contributed by atoms with Gasteiger partial charge in [0.25, 0.3) is 10.1 Å². The quantitative estimate of drug-likeness (QED) is 0.735. The van der Waals surface area contributed by atoms with E-state index in [0.717, 1.165) is 12.1 Å². The zero-order chi connectivity index (χ0) is 10.1. The van der Waals surface area contributed by atoms with Crippen molar-refractivity contribution in [2.45, 2.75) is 4.90 Å². The highest BCUT2D eigenvalue weighted by molar-refractivity contribution is 7.85. The minimum atomic E-state index is -4.49. The number of hydrogen-bond donors (Lipinski definition) is 1. The molecule has 0 aliphatic rings. The first-order chi connectivity index (χ1) is 5.95. The van der Waals surface area contributed by atoms with Crippen LogP contribution >= 0.6 is 0 Å². The van der Waals surface area contributed by atoms with E-state index < -0.39 is 20.8 Å². The smallest absolute Gasteiger partial charge is 0.297 e. The van der Waals surface area contributed by atoms with Crippen LogP contribution in [0.4, 0.5) is 4.39 Å². The molecule has 0 aliphatic carbocycles. The van der Waals surface area contributed by atoms with Crippen LogP contribution in [0, 0.1) is 5.82 Å². The SMILES string of the molecule is COc1ccc(S(=O)(=O)O)c(F)c1. The lowest BCUT2D eigenvalue weighted by Gasteiger charge is -2.02. The van der Waals surface area contributed by atoms with Crippen molar-refractivity contribution < 1.29 is 22.1 Å². The van der Waals surface area contributed by atoms with Crippen LogP contribution in [0.5, 0.6) is 5.75 Å². The predicted molar refractivity (Wildman–Crippen MR) is 42.8 cm³/mol. The summed E-state index contributed by atoms with van der Waals surface area (Å²) in [5, 5.41) is 0. The minimum absolute atomic E-state index is 0.185. The number of ether oxygens (including phenoxy) is 1. The van der Waals surface area contributed by atoms with Crippen LogP contribution in [-0.2, 0) is 10.1 Å². The van der Waals surface area contributed by atoms with E-state index in [1.54, 1.807) is 0 Å². The Morgan fingerprint density at radius 1 is 1.46 bits per heavy atom. The van der Waals surface area contributed by atoms with E-state index in [2.05, 4.69) is 4.74 Å². The molecule has 4 nitrogen and oxygen atoms in total. The van der Waals surface area contributed by atoms with Crippen molar-refractivity contribution >= 4 is 10.1 Å². The standard InChI is InChI=1S/C7H7FO4S/c1-12-5-2-3-7(6(8)4-5)13(9,10)11/h2-4H,1H3,(H,9,10,11). The molecule has 6 heteroatoms. The van der Waals surface area contributed by atoms with Gasteiger partial charge >= 0.3 is 0 Å². The number of rotatable bonds is 2. The highest BCUT2D eigenvalue weighted by atomic mass is 32.2. The van der Waals surface area contributed by atoms with Crippen molar-refractivity contribution in [2.75, 3.05) is 7.11 Å². The highest BCUT2D eigenvalue weighted by Gasteiger charge is 2.15. The van der Waals surface area contributed by atoms with E-state index in [0.29, 0.717) is 0 Å². The molecular weight excluding hydrogens is 199 g/mol. The van der Waals surface area contributed by atoms with Crippen molar-refractivity contribution in [1.29, 1.82) is 0 Å². The Bertz CT molecular complexity index is 413. The summed E-state index contributed by atoms with van der Waals surface area (Å²) in [5.41, 5.74) is 0. The van der Waals surface area contributed by atoms with Gasteiger partial charge in [0.2, 0.25) is 0 Å². The van der Waals surface area contributed by atoms with Gasteiger partial charge < -0.3 is 4.74 Å². The average molecular weight is 206 g/mol. The van der Waals surface area contributed by atoms with E-state index in [1.807, 2.05) is 0 Å². The second kappa shape index (κ2) is 3.31. The summed E-state index contributed by atoms with van der Waals surface area (Å²) >= 11 is 0. The summed E-state index contributed by atoms with van der Waals surface area (Å²) in [6.07, 6.45) is 0. The van der Waals surface area contributed by atoms with E-state index in [1.165, 1.54) is 13.2 Å². The molecule has 0 heterocycles. The molecule has 72 valence electrons. The monoisotopic (exact) mass is 206 g/mol. The molecule has 0 bridgehead atoms. The fourth-order valence-corrected chi connectivity index (χ4v) is 1.36. The maximum absolute atomic E-state index is 12.9. The van der Waals surface area contributed by atoms with Gasteiger partial charge in [-0.25, -0.2) is 4.39 Å². The molecule has 13 heavy (non-hydrogen) atoms. The van der Waals surface area contributed by atoms with Crippen molar-refractivity contribution in [1.82, 2.24) is 0 Å². The van der Waals surface area contributed by atoms with Crippen molar-refractivity contribution in [3.05, 3.63) is 24.0 Å². The van der Waals surface area contributed by atoms with Gasteiger partial charge in [0.1, 0.15) is 16.5 Å². The second-order valence-corrected chi connectivity index (χ2v) is 3.66. The highest BCUT2D eigenvalue weighted by Crippen LogP contribution is 2.19. The Morgan fingerprint density at radius 3 is 2.46 bits per heavy atom. The first-order valence-electron chi connectivity index (χ1n) is 3.26. The number of halogens is 1.